The van der Waals surface area contributed by atoms with Crippen LogP contribution < -0.4 is 9.80 Å². The molecular formula is C48H55N4Pt-3. The van der Waals surface area contributed by atoms with E-state index >= 15 is 0 Å². The summed E-state index contributed by atoms with van der Waals surface area (Å²) in [6.45, 7) is 25.8. The number of hydrogen-bond donors (Lipinski definition) is 0. The molecule has 0 atom stereocenters. The van der Waals surface area contributed by atoms with Crippen molar-refractivity contribution in [3.05, 3.63) is 151 Å². The summed E-state index contributed by atoms with van der Waals surface area (Å²) < 4.78 is 2.28. The molecule has 6 aromatic rings. The van der Waals surface area contributed by atoms with Crippen molar-refractivity contribution in [2.75, 3.05) is 16.5 Å². The summed E-state index contributed by atoms with van der Waals surface area (Å²) in [5, 5.41) is 2.39. The Balaban J connectivity index is 0.00000271. The quantitative estimate of drug-likeness (QED) is 0.161. The Morgan fingerprint density at radius 1 is 0.585 bits per heavy atom. The average molecular weight is 883 g/mol. The molecule has 53 heavy (non-hydrogen) atoms. The van der Waals surface area contributed by atoms with E-state index < -0.39 is 0 Å². The largest absolute Gasteiger partial charge is 0.358 e. The summed E-state index contributed by atoms with van der Waals surface area (Å²) in [6, 6.07) is 38.8. The van der Waals surface area contributed by atoms with Crippen molar-refractivity contribution < 1.29 is 21.1 Å². The number of benzene rings is 4. The van der Waals surface area contributed by atoms with Gasteiger partial charge in [0.05, 0.1) is 6.67 Å². The van der Waals surface area contributed by atoms with Crippen LogP contribution in [0.4, 0.5) is 11.4 Å². The summed E-state index contributed by atoms with van der Waals surface area (Å²) in [4.78, 5) is 9.52. The second kappa shape index (κ2) is 14.3. The number of nitrogens with zero attached hydrogens (tertiary/aromatic N) is 4. The molecule has 0 fully saturated rings. The van der Waals surface area contributed by atoms with Crippen molar-refractivity contribution in [2.24, 2.45) is 0 Å². The third-order valence-electron chi connectivity index (χ3n) is 10.6. The number of hydrogen-bond acceptors (Lipinski definition) is 3. The summed E-state index contributed by atoms with van der Waals surface area (Å²) in [5.74, 6) is 0.918. The number of para-hydroxylation sites is 1. The Hall–Kier alpha value is -4.14. The topological polar surface area (TPSA) is 24.3 Å². The Labute approximate surface area is 333 Å². The van der Waals surface area contributed by atoms with E-state index in [4.69, 9.17) is 4.98 Å². The van der Waals surface area contributed by atoms with Crippen LogP contribution in [0, 0.1) is 19.6 Å². The zero-order valence-corrected chi connectivity index (χ0v) is 35.9. The van der Waals surface area contributed by atoms with Crippen LogP contribution >= 0.6 is 0 Å². The molecule has 0 aliphatic carbocycles. The number of aromatic nitrogens is 2. The maximum Gasteiger partial charge on any atom is 0.135 e. The normalized spacial score (nSPS) is 13.8. The van der Waals surface area contributed by atoms with Crippen LogP contribution in [0.3, 0.4) is 0 Å². The van der Waals surface area contributed by atoms with E-state index in [0.717, 1.165) is 40.3 Å². The van der Waals surface area contributed by atoms with E-state index in [0.29, 0.717) is 0 Å². The number of pyridine rings is 1. The Morgan fingerprint density at radius 2 is 1.21 bits per heavy atom. The Kier molecular flexibility index (Phi) is 10.8. The Morgan fingerprint density at radius 3 is 1.87 bits per heavy atom. The van der Waals surface area contributed by atoms with Gasteiger partial charge in [-0.3, -0.25) is 0 Å². The number of fused-ring (bicyclic) bond motifs is 3. The number of rotatable bonds is 5. The first-order valence-electron chi connectivity index (χ1n) is 18.2. The molecule has 0 saturated carbocycles. The van der Waals surface area contributed by atoms with E-state index in [1.807, 2.05) is 6.20 Å². The van der Waals surface area contributed by atoms with Gasteiger partial charge in [-0.25, -0.2) is 4.98 Å². The van der Waals surface area contributed by atoms with Crippen molar-refractivity contribution in [2.45, 2.75) is 97.8 Å². The van der Waals surface area contributed by atoms with Gasteiger partial charge in [-0.2, -0.15) is 47.5 Å². The summed E-state index contributed by atoms with van der Waals surface area (Å²) in [5.41, 5.74) is 10.5. The molecule has 280 valence electrons. The van der Waals surface area contributed by atoms with E-state index in [1.54, 1.807) is 0 Å². The van der Waals surface area contributed by atoms with E-state index in [2.05, 4.69) is 200 Å². The van der Waals surface area contributed by atoms with Crippen LogP contribution in [0.1, 0.15) is 104 Å². The predicted molar refractivity (Wildman–Crippen MR) is 223 cm³/mol. The van der Waals surface area contributed by atoms with Crippen LogP contribution in [0.15, 0.2) is 104 Å². The van der Waals surface area contributed by atoms with Gasteiger partial charge in [0.15, 0.2) is 0 Å². The van der Waals surface area contributed by atoms with Gasteiger partial charge in [0, 0.05) is 50.9 Å². The molecule has 7 rings (SSSR count). The molecule has 0 amide bonds. The van der Waals surface area contributed by atoms with Crippen molar-refractivity contribution in [1.29, 1.82) is 0 Å². The van der Waals surface area contributed by atoms with Gasteiger partial charge >= 0.3 is 0 Å². The van der Waals surface area contributed by atoms with Gasteiger partial charge in [-0.15, -0.1) is 11.5 Å². The zero-order chi connectivity index (χ0) is 36.5. The molecule has 2 aromatic heterocycles. The monoisotopic (exact) mass is 882 g/mol. The van der Waals surface area contributed by atoms with Crippen LogP contribution in [-0.2, 0) is 42.7 Å². The van der Waals surface area contributed by atoms with E-state index in [9.17, 15) is 0 Å². The van der Waals surface area contributed by atoms with Crippen LogP contribution in [-0.4, -0.2) is 16.2 Å². The summed E-state index contributed by atoms with van der Waals surface area (Å²) in [7, 11) is 0. The third-order valence-corrected chi connectivity index (χ3v) is 10.6. The standard InChI is InChI=1S/C47H52N4.CH3.Pt/c1-44(2,3)32-21-22-48-43(30-32)51-41-18-13-12-17-39(41)40-20-19-34(29-42(40)51)47(10,11)33-15-14-16-37(26-33)49-23-24-50(31-49)38-27-35(45(4,5)6)25-36(28-38)46(7,8)9;;/h12-25,27-28,30H,31H2,1-11H3;1H3;/q-2;-1;. The molecule has 0 N–H and O–H groups in total. The van der Waals surface area contributed by atoms with Crippen molar-refractivity contribution in [3.63, 3.8) is 0 Å². The fourth-order valence-corrected chi connectivity index (χ4v) is 7.02. The zero-order valence-electron chi connectivity index (χ0n) is 33.6. The van der Waals surface area contributed by atoms with E-state index in [-0.39, 0.29) is 50.2 Å². The second-order valence-corrected chi connectivity index (χ2v) is 17.9. The first-order valence-corrected chi connectivity index (χ1v) is 18.2. The molecular weight excluding hydrogens is 828 g/mol. The third kappa shape index (κ3) is 7.63. The molecule has 4 aromatic carbocycles. The molecule has 1 aliphatic heterocycles. The molecule has 0 saturated heterocycles. The van der Waals surface area contributed by atoms with Crippen LogP contribution in [0.5, 0.6) is 0 Å². The van der Waals surface area contributed by atoms with Gasteiger partial charge in [0.1, 0.15) is 5.82 Å². The average Bonchev–Trinajstić information content (AvgIpc) is 3.71. The van der Waals surface area contributed by atoms with Gasteiger partial charge in [0.2, 0.25) is 0 Å². The molecule has 0 radical (unpaired) electrons. The van der Waals surface area contributed by atoms with Crippen molar-refractivity contribution in [3.8, 4) is 5.82 Å². The fourth-order valence-electron chi connectivity index (χ4n) is 7.02. The number of anilines is 2. The predicted octanol–water partition coefficient (Wildman–Crippen LogP) is 12.2. The minimum Gasteiger partial charge on any atom is -0.358 e. The first-order chi connectivity index (χ1) is 23.9. The maximum absolute atomic E-state index is 4.88. The molecule has 5 heteroatoms. The van der Waals surface area contributed by atoms with Crippen molar-refractivity contribution >= 4 is 33.2 Å². The smallest absolute Gasteiger partial charge is 0.135 e. The summed E-state index contributed by atoms with van der Waals surface area (Å²) >= 11 is 0. The molecule has 4 nitrogen and oxygen atoms in total. The van der Waals surface area contributed by atoms with Gasteiger partial charge < -0.3 is 21.8 Å². The Bertz CT molecular complexity index is 2260. The molecule has 0 unspecified atom stereocenters. The van der Waals surface area contributed by atoms with Crippen molar-refractivity contribution in [1.82, 2.24) is 9.55 Å². The maximum atomic E-state index is 4.88. The minimum absolute atomic E-state index is 0. The second-order valence-electron chi connectivity index (χ2n) is 17.9. The fraction of sp³-hybridized carbons (Fsp3) is 0.333. The van der Waals surface area contributed by atoms with E-state index in [1.165, 1.54) is 33.2 Å². The first kappa shape index (κ1) is 40.1. The van der Waals surface area contributed by atoms with Gasteiger partial charge in [-0.1, -0.05) is 112 Å². The minimum atomic E-state index is -0.349. The summed E-state index contributed by atoms with van der Waals surface area (Å²) in [6.07, 6.45) is 6.31. The van der Waals surface area contributed by atoms with Gasteiger partial charge in [0.25, 0.3) is 0 Å². The van der Waals surface area contributed by atoms with Crippen LogP contribution in [0.25, 0.3) is 27.6 Å². The molecule has 3 heterocycles. The van der Waals surface area contributed by atoms with Gasteiger partial charge in [-0.05, 0) is 74.1 Å². The SMILES string of the molecule is CC(C)(C)c1cc(N2C=CN(c3[c-]c(C(C)(C)c4[c-]c5c(cc4)c4ccccc4n5-c4cc(C(C)(C)C)ccn4)ccc3)C2)cc(C(C)(C)C)c1.[CH3-].[Pt]. The molecule has 0 bridgehead atoms. The molecule has 1 aliphatic rings. The molecule has 0 spiro atoms. The van der Waals surface area contributed by atoms with Crippen LogP contribution in [0.2, 0.25) is 0 Å².